The Hall–Kier alpha value is -1.69. The van der Waals surface area contributed by atoms with Gasteiger partial charge >= 0.3 is 0 Å². The second-order valence-electron chi connectivity index (χ2n) is 5.22. The minimum absolute atomic E-state index is 0.0763. The van der Waals surface area contributed by atoms with Crippen molar-refractivity contribution in [3.05, 3.63) is 54.1 Å². The van der Waals surface area contributed by atoms with Crippen molar-refractivity contribution in [2.45, 2.75) is 38.5 Å². The Labute approximate surface area is 145 Å². The number of benzene rings is 2. The van der Waals surface area contributed by atoms with E-state index in [4.69, 9.17) is 5.11 Å². The van der Waals surface area contributed by atoms with Gasteiger partial charge in [-0.1, -0.05) is 55.8 Å². The number of hydrogen-bond donors (Lipinski definition) is 2. The number of nitrogens with one attached hydrogen (secondary N) is 1. The molecule has 0 aromatic heterocycles. The first-order chi connectivity index (χ1) is 11.5. The molecule has 4 nitrogen and oxygen atoms in total. The monoisotopic (exact) mass is 349 g/mol. The molecule has 0 spiro atoms. The summed E-state index contributed by atoms with van der Waals surface area (Å²) in [6, 6.07) is 14.9. The molecule has 0 aliphatic heterocycles. The molecular weight excluding hydrogens is 322 g/mol. The summed E-state index contributed by atoms with van der Waals surface area (Å²) < 4.78 is 26.8. The van der Waals surface area contributed by atoms with Crippen molar-refractivity contribution in [2.24, 2.45) is 0 Å². The highest BCUT2D eigenvalue weighted by atomic mass is 32.2. The third-order valence-electron chi connectivity index (χ3n) is 3.39. The van der Waals surface area contributed by atoms with Gasteiger partial charge in [0, 0.05) is 13.2 Å². The van der Waals surface area contributed by atoms with Gasteiger partial charge in [-0.15, -0.1) is 0 Å². The van der Waals surface area contributed by atoms with Gasteiger partial charge < -0.3 is 5.11 Å². The van der Waals surface area contributed by atoms with Crippen molar-refractivity contribution in [3.63, 3.8) is 0 Å². The third kappa shape index (κ3) is 6.07. The smallest absolute Gasteiger partial charge is 0.240 e. The maximum atomic E-state index is 12.1. The van der Waals surface area contributed by atoms with Gasteiger partial charge in [0.25, 0.3) is 0 Å². The molecule has 0 unspecified atom stereocenters. The van der Waals surface area contributed by atoms with Crippen molar-refractivity contribution in [2.75, 3.05) is 13.2 Å². The van der Waals surface area contributed by atoms with E-state index < -0.39 is 10.0 Å². The molecule has 2 aromatic carbocycles. The normalized spacial score (nSPS) is 10.8. The number of hydrogen-bond acceptors (Lipinski definition) is 3. The number of unbranched alkanes of at least 4 members (excludes halogenated alkanes) is 1. The molecule has 0 radical (unpaired) electrons. The molecule has 0 bridgehead atoms. The van der Waals surface area contributed by atoms with Crippen molar-refractivity contribution in [1.82, 2.24) is 4.72 Å². The Morgan fingerprint density at radius 3 is 2.21 bits per heavy atom. The molecule has 24 heavy (non-hydrogen) atoms. The third-order valence-corrected chi connectivity index (χ3v) is 4.87. The van der Waals surface area contributed by atoms with Crippen molar-refractivity contribution >= 4 is 10.0 Å². The zero-order chi connectivity index (χ0) is 18.0. The summed E-state index contributed by atoms with van der Waals surface area (Å²) in [5.74, 6) is 0. The van der Waals surface area contributed by atoms with Gasteiger partial charge in [0.1, 0.15) is 0 Å². The Kier molecular flexibility index (Phi) is 8.68. The SMILES string of the molecule is CC.Cc1cccc(-c2ccc(S(=O)(=O)NCCCCO)cc2)c1. The topological polar surface area (TPSA) is 66.4 Å². The van der Waals surface area contributed by atoms with Crippen molar-refractivity contribution in [1.29, 1.82) is 0 Å². The number of aryl methyl sites for hydroxylation is 1. The van der Waals surface area contributed by atoms with Gasteiger partial charge in [-0.25, -0.2) is 13.1 Å². The van der Waals surface area contributed by atoms with Crippen LogP contribution in [-0.4, -0.2) is 26.7 Å². The molecule has 0 fully saturated rings. The van der Waals surface area contributed by atoms with E-state index in [1.165, 1.54) is 5.56 Å². The summed E-state index contributed by atoms with van der Waals surface area (Å²) in [5.41, 5.74) is 3.22. The van der Waals surface area contributed by atoms with E-state index in [1.807, 2.05) is 51.1 Å². The number of sulfonamides is 1. The van der Waals surface area contributed by atoms with Crippen LogP contribution in [-0.2, 0) is 10.0 Å². The predicted molar refractivity (Wildman–Crippen MR) is 99.5 cm³/mol. The second-order valence-corrected chi connectivity index (χ2v) is 6.99. The summed E-state index contributed by atoms with van der Waals surface area (Å²) in [7, 11) is -3.48. The van der Waals surface area contributed by atoms with Crippen molar-refractivity contribution < 1.29 is 13.5 Å². The fourth-order valence-electron chi connectivity index (χ4n) is 2.18. The minimum Gasteiger partial charge on any atom is -0.396 e. The predicted octanol–water partition coefficient (Wildman–Crippen LogP) is 3.74. The van der Waals surface area contributed by atoms with Gasteiger partial charge in [0.15, 0.2) is 0 Å². The highest BCUT2D eigenvalue weighted by molar-refractivity contribution is 7.89. The van der Waals surface area contributed by atoms with E-state index in [0.29, 0.717) is 19.4 Å². The van der Waals surface area contributed by atoms with E-state index >= 15 is 0 Å². The van der Waals surface area contributed by atoms with Gasteiger partial charge in [-0.3, -0.25) is 0 Å². The molecular formula is C19H27NO3S. The Morgan fingerprint density at radius 1 is 0.958 bits per heavy atom. The molecule has 2 aromatic rings. The molecule has 0 aliphatic rings. The van der Waals surface area contributed by atoms with Gasteiger partial charge in [-0.05, 0) is 43.0 Å². The van der Waals surface area contributed by atoms with E-state index in [0.717, 1.165) is 11.1 Å². The molecule has 2 N–H and O–H groups in total. The number of rotatable bonds is 7. The largest absolute Gasteiger partial charge is 0.396 e. The second kappa shape index (κ2) is 10.2. The van der Waals surface area contributed by atoms with E-state index in [-0.39, 0.29) is 11.5 Å². The number of aliphatic hydroxyl groups excluding tert-OH is 1. The molecule has 2 rings (SSSR count). The molecule has 0 aliphatic carbocycles. The van der Waals surface area contributed by atoms with E-state index in [2.05, 4.69) is 10.8 Å². The molecule has 5 heteroatoms. The lowest BCUT2D eigenvalue weighted by Gasteiger charge is -2.08. The van der Waals surface area contributed by atoms with E-state index in [9.17, 15) is 8.42 Å². The van der Waals surface area contributed by atoms with Crippen LogP contribution in [0.5, 0.6) is 0 Å². The van der Waals surface area contributed by atoms with E-state index in [1.54, 1.807) is 12.1 Å². The highest BCUT2D eigenvalue weighted by Gasteiger charge is 2.13. The van der Waals surface area contributed by atoms with Crippen LogP contribution < -0.4 is 4.72 Å². The highest BCUT2D eigenvalue weighted by Crippen LogP contribution is 2.22. The average Bonchev–Trinajstić information content (AvgIpc) is 2.61. The van der Waals surface area contributed by atoms with Crippen LogP contribution in [0.1, 0.15) is 32.3 Å². The summed E-state index contributed by atoms with van der Waals surface area (Å²) in [5, 5.41) is 8.69. The van der Waals surface area contributed by atoms with Gasteiger partial charge in [0.2, 0.25) is 10.0 Å². The summed E-state index contributed by atoms with van der Waals surface area (Å²) in [6.07, 6.45) is 1.21. The quantitative estimate of drug-likeness (QED) is 0.748. The maximum Gasteiger partial charge on any atom is 0.240 e. The minimum atomic E-state index is -3.48. The fraction of sp³-hybridized carbons (Fsp3) is 0.368. The van der Waals surface area contributed by atoms with Crippen LogP contribution in [0, 0.1) is 6.92 Å². The lowest BCUT2D eigenvalue weighted by atomic mass is 10.0. The Morgan fingerprint density at radius 2 is 1.62 bits per heavy atom. The fourth-order valence-corrected chi connectivity index (χ4v) is 3.25. The van der Waals surface area contributed by atoms with Crippen LogP contribution in [0.3, 0.4) is 0 Å². The standard InChI is InChI=1S/C17H21NO3S.C2H6/c1-14-5-4-6-16(13-14)15-7-9-17(10-8-15)22(20,21)18-11-2-3-12-19;1-2/h4-10,13,18-19H,2-3,11-12H2,1H3;1-2H3. The summed E-state index contributed by atoms with van der Waals surface area (Å²) >= 11 is 0. The van der Waals surface area contributed by atoms with Crippen LogP contribution in [0.4, 0.5) is 0 Å². The average molecular weight is 349 g/mol. The lowest BCUT2D eigenvalue weighted by molar-refractivity contribution is 0.285. The van der Waals surface area contributed by atoms with Crippen LogP contribution >= 0.6 is 0 Å². The Balaban J connectivity index is 0.00000139. The van der Waals surface area contributed by atoms with Crippen LogP contribution in [0.15, 0.2) is 53.4 Å². The molecule has 0 saturated carbocycles. The first-order valence-corrected chi connectivity index (χ1v) is 9.79. The zero-order valence-corrected chi connectivity index (χ0v) is 15.4. The number of aliphatic hydroxyl groups is 1. The first-order valence-electron chi connectivity index (χ1n) is 8.30. The van der Waals surface area contributed by atoms with Crippen LogP contribution in [0.25, 0.3) is 11.1 Å². The van der Waals surface area contributed by atoms with Gasteiger partial charge in [0.05, 0.1) is 4.90 Å². The molecule has 132 valence electrons. The van der Waals surface area contributed by atoms with Gasteiger partial charge in [-0.2, -0.15) is 0 Å². The maximum absolute atomic E-state index is 12.1. The zero-order valence-electron chi connectivity index (χ0n) is 14.6. The Bertz CT molecular complexity index is 710. The summed E-state index contributed by atoms with van der Waals surface area (Å²) in [6.45, 7) is 6.44. The van der Waals surface area contributed by atoms with Crippen molar-refractivity contribution in [3.8, 4) is 11.1 Å². The summed E-state index contributed by atoms with van der Waals surface area (Å²) in [4.78, 5) is 0.257. The van der Waals surface area contributed by atoms with Crippen LogP contribution in [0.2, 0.25) is 0 Å². The lowest BCUT2D eigenvalue weighted by Crippen LogP contribution is -2.24. The molecule has 0 amide bonds. The molecule has 0 heterocycles. The molecule has 0 saturated heterocycles. The molecule has 0 atom stereocenters. The first kappa shape index (κ1) is 20.4.